The third kappa shape index (κ3) is 4.00. The zero-order valence-corrected chi connectivity index (χ0v) is 11.8. The number of hydrogen-bond donors (Lipinski definition) is 3. The van der Waals surface area contributed by atoms with Crippen molar-refractivity contribution in [3.05, 3.63) is 53.6 Å². The Morgan fingerprint density at radius 2 is 1.71 bits per heavy atom. The molecule has 0 fully saturated rings. The normalized spacial score (nSPS) is 10.3. The first-order valence-corrected chi connectivity index (χ1v) is 6.89. The fourth-order valence-corrected chi connectivity index (χ4v) is 2.70. The van der Waals surface area contributed by atoms with E-state index >= 15 is 0 Å². The molecule has 0 saturated carbocycles. The van der Waals surface area contributed by atoms with Gasteiger partial charge < -0.3 is 15.9 Å². The maximum Gasteiger partial charge on any atom is 0.336 e. The quantitative estimate of drug-likeness (QED) is 0.734. The lowest BCUT2D eigenvalue weighted by molar-refractivity contribution is -0.136. The van der Waals surface area contributed by atoms with Crippen LogP contribution >= 0.6 is 11.8 Å². The van der Waals surface area contributed by atoms with Crippen LogP contribution in [-0.4, -0.2) is 22.2 Å². The molecule has 2 aromatic rings. The molecule has 0 aromatic heterocycles. The third-order valence-corrected chi connectivity index (χ3v) is 3.82. The minimum Gasteiger partial charge on any atom is -0.481 e. The van der Waals surface area contributed by atoms with Gasteiger partial charge in [-0.1, -0.05) is 17.8 Å². The summed E-state index contributed by atoms with van der Waals surface area (Å²) in [6, 6.07) is 11.7. The summed E-state index contributed by atoms with van der Waals surface area (Å²) in [6.07, 6.45) is -0.201. The number of nitrogens with two attached hydrogens (primary N) is 1. The van der Waals surface area contributed by atoms with E-state index in [1.807, 2.05) is 0 Å². The molecule has 0 bridgehead atoms. The van der Waals surface area contributed by atoms with Crippen molar-refractivity contribution in [2.24, 2.45) is 0 Å². The van der Waals surface area contributed by atoms with Gasteiger partial charge >= 0.3 is 11.9 Å². The molecule has 0 radical (unpaired) electrons. The van der Waals surface area contributed by atoms with Crippen LogP contribution in [-0.2, 0) is 11.2 Å². The van der Waals surface area contributed by atoms with Gasteiger partial charge in [0.05, 0.1) is 12.0 Å². The SMILES string of the molecule is Nc1ccc(Sc2ccc(CC(=O)O)cc2C(=O)O)cc1. The van der Waals surface area contributed by atoms with Gasteiger partial charge in [0.15, 0.2) is 0 Å². The van der Waals surface area contributed by atoms with Gasteiger partial charge in [-0.15, -0.1) is 0 Å². The Balaban J connectivity index is 2.32. The van der Waals surface area contributed by atoms with Gasteiger partial charge in [0.2, 0.25) is 0 Å². The molecule has 0 saturated heterocycles. The van der Waals surface area contributed by atoms with Crippen molar-refractivity contribution >= 4 is 29.4 Å². The highest BCUT2D eigenvalue weighted by atomic mass is 32.2. The Kier molecular flexibility index (Phi) is 4.49. The van der Waals surface area contributed by atoms with E-state index in [1.54, 1.807) is 36.4 Å². The molecule has 0 aliphatic heterocycles. The van der Waals surface area contributed by atoms with Crippen molar-refractivity contribution in [2.45, 2.75) is 16.2 Å². The van der Waals surface area contributed by atoms with Crippen LogP contribution in [0.3, 0.4) is 0 Å². The summed E-state index contributed by atoms with van der Waals surface area (Å²) in [6.45, 7) is 0. The van der Waals surface area contributed by atoms with Gasteiger partial charge in [0, 0.05) is 15.5 Å². The van der Waals surface area contributed by atoms with Crippen molar-refractivity contribution in [2.75, 3.05) is 5.73 Å². The molecule has 0 spiro atoms. The van der Waals surface area contributed by atoms with E-state index in [0.29, 0.717) is 16.1 Å². The Bertz CT molecular complexity index is 683. The number of benzene rings is 2. The second-order valence-corrected chi connectivity index (χ2v) is 5.49. The number of carbonyl (C=O) groups is 2. The number of rotatable bonds is 5. The molecule has 0 amide bonds. The van der Waals surface area contributed by atoms with Crippen LogP contribution in [0.25, 0.3) is 0 Å². The van der Waals surface area contributed by atoms with Crippen molar-refractivity contribution in [1.82, 2.24) is 0 Å². The topological polar surface area (TPSA) is 101 Å². The van der Waals surface area contributed by atoms with Crippen LogP contribution < -0.4 is 5.73 Å². The lowest BCUT2D eigenvalue weighted by Gasteiger charge is -2.08. The minimum atomic E-state index is -1.08. The van der Waals surface area contributed by atoms with E-state index in [9.17, 15) is 14.7 Å². The third-order valence-electron chi connectivity index (χ3n) is 2.74. The summed E-state index contributed by atoms with van der Waals surface area (Å²) in [4.78, 5) is 23.4. The largest absolute Gasteiger partial charge is 0.481 e. The molecule has 0 unspecified atom stereocenters. The highest BCUT2D eigenvalue weighted by molar-refractivity contribution is 7.99. The number of nitrogen functional groups attached to an aromatic ring is 1. The summed E-state index contributed by atoms with van der Waals surface area (Å²) in [5.41, 5.74) is 6.79. The summed E-state index contributed by atoms with van der Waals surface area (Å²) >= 11 is 1.30. The van der Waals surface area contributed by atoms with Gasteiger partial charge in [-0.2, -0.15) is 0 Å². The standard InChI is InChI=1S/C15H13NO4S/c16-10-2-4-11(5-3-10)21-13-6-1-9(8-14(17)18)7-12(13)15(19)20/h1-7H,8,16H2,(H,17,18)(H,19,20). The van der Waals surface area contributed by atoms with E-state index in [0.717, 1.165) is 4.90 Å². The average molecular weight is 303 g/mol. The van der Waals surface area contributed by atoms with E-state index in [-0.39, 0.29) is 12.0 Å². The van der Waals surface area contributed by atoms with Gasteiger partial charge in [-0.3, -0.25) is 4.79 Å². The molecule has 5 nitrogen and oxygen atoms in total. The Morgan fingerprint density at radius 1 is 1.05 bits per heavy atom. The van der Waals surface area contributed by atoms with Gasteiger partial charge in [-0.25, -0.2) is 4.79 Å². The first-order valence-electron chi connectivity index (χ1n) is 6.07. The van der Waals surface area contributed by atoms with E-state index in [2.05, 4.69) is 0 Å². The van der Waals surface area contributed by atoms with Crippen LogP contribution in [0, 0.1) is 0 Å². The zero-order valence-electron chi connectivity index (χ0n) is 10.9. The highest BCUT2D eigenvalue weighted by Crippen LogP contribution is 2.31. The second-order valence-electron chi connectivity index (χ2n) is 4.38. The number of aromatic carboxylic acids is 1. The number of aliphatic carboxylic acids is 1. The second kappa shape index (κ2) is 6.32. The molecule has 0 heterocycles. The molecule has 0 aliphatic rings. The van der Waals surface area contributed by atoms with Gasteiger partial charge in [0.1, 0.15) is 0 Å². The summed E-state index contributed by atoms with van der Waals surface area (Å²) < 4.78 is 0. The average Bonchev–Trinajstić information content (AvgIpc) is 2.42. The van der Waals surface area contributed by atoms with E-state index < -0.39 is 11.9 Å². The van der Waals surface area contributed by atoms with Gasteiger partial charge in [0.25, 0.3) is 0 Å². The monoisotopic (exact) mass is 303 g/mol. The first kappa shape index (κ1) is 14.9. The van der Waals surface area contributed by atoms with Crippen LogP contribution in [0.1, 0.15) is 15.9 Å². The van der Waals surface area contributed by atoms with E-state index in [1.165, 1.54) is 17.8 Å². The summed E-state index contributed by atoms with van der Waals surface area (Å²) in [5.74, 6) is -2.08. The predicted octanol–water partition coefficient (Wildman–Crippen LogP) is 2.75. The lowest BCUT2D eigenvalue weighted by atomic mass is 10.1. The van der Waals surface area contributed by atoms with E-state index in [4.69, 9.17) is 10.8 Å². The van der Waals surface area contributed by atoms with Crippen molar-refractivity contribution in [3.63, 3.8) is 0 Å². The number of anilines is 1. The highest BCUT2D eigenvalue weighted by Gasteiger charge is 2.13. The molecule has 4 N–H and O–H groups in total. The fourth-order valence-electron chi connectivity index (χ4n) is 1.78. The molecular formula is C15H13NO4S. The Hall–Kier alpha value is -2.47. The molecule has 2 rings (SSSR count). The molecule has 108 valence electrons. The van der Waals surface area contributed by atoms with Crippen LogP contribution in [0.2, 0.25) is 0 Å². The smallest absolute Gasteiger partial charge is 0.336 e. The molecule has 2 aromatic carbocycles. The van der Waals surface area contributed by atoms with Crippen LogP contribution in [0.5, 0.6) is 0 Å². The number of hydrogen-bond acceptors (Lipinski definition) is 4. The Morgan fingerprint density at radius 3 is 2.29 bits per heavy atom. The number of carboxylic acids is 2. The zero-order chi connectivity index (χ0) is 15.4. The lowest BCUT2D eigenvalue weighted by Crippen LogP contribution is -2.04. The van der Waals surface area contributed by atoms with Crippen molar-refractivity contribution in [1.29, 1.82) is 0 Å². The molecule has 21 heavy (non-hydrogen) atoms. The van der Waals surface area contributed by atoms with Crippen molar-refractivity contribution in [3.8, 4) is 0 Å². The summed E-state index contributed by atoms with van der Waals surface area (Å²) in [7, 11) is 0. The maximum absolute atomic E-state index is 11.3. The van der Waals surface area contributed by atoms with Crippen LogP contribution in [0.15, 0.2) is 52.3 Å². The maximum atomic E-state index is 11.3. The Labute approximate surface area is 125 Å². The first-order chi connectivity index (χ1) is 9.95. The van der Waals surface area contributed by atoms with Crippen molar-refractivity contribution < 1.29 is 19.8 Å². The summed E-state index contributed by atoms with van der Waals surface area (Å²) in [5, 5.41) is 18.0. The predicted molar refractivity (Wildman–Crippen MR) is 79.7 cm³/mol. The molecule has 6 heteroatoms. The number of carboxylic acid groups (broad SMARTS) is 2. The minimum absolute atomic E-state index is 0.0931. The molecule has 0 atom stereocenters. The van der Waals surface area contributed by atoms with Gasteiger partial charge in [-0.05, 0) is 42.0 Å². The molecule has 0 aliphatic carbocycles. The van der Waals surface area contributed by atoms with Crippen LogP contribution in [0.4, 0.5) is 5.69 Å². The molecular weight excluding hydrogens is 290 g/mol. The fraction of sp³-hybridized carbons (Fsp3) is 0.0667.